The first kappa shape index (κ1) is 10.5. The molecule has 1 atom stereocenters. The Kier molecular flexibility index (Phi) is 2.95. The highest BCUT2D eigenvalue weighted by Gasteiger charge is 2.30. The minimum atomic E-state index is 0.390. The number of rotatable bonds is 3. The van der Waals surface area contributed by atoms with Crippen LogP contribution in [0, 0.1) is 0 Å². The van der Waals surface area contributed by atoms with Crippen LogP contribution >= 0.6 is 0 Å². The fourth-order valence-electron chi connectivity index (χ4n) is 2.18. The van der Waals surface area contributed by atoms with Crippen LogP contribution in [0.4, 0.5) is 0 Å². The average Bonchev–Trinajstić information content (AvgIpc) is 2.62. The van der Waals surface area contributed by atoms with Gasteiger partial charge in [-0.2, -0.15) is 0 Å². The van der Waals surface area contributed by atoms with Crippen molar-refractivity contribution in [2.75, 3.05) is 20.7 Å². The zero-order valence-corrected chi connectivity index (χ0v) is 9.62. The molecule has 1 aliphatic rings. The van der Waals surface area contributed by atoms with E-state index in [1.165, 1.54) is 0 Å². The minimum absolute atomic E-state index is 0.390. The highest BCUT2D eigenvalue weighted by molar-refractivity contribution is 5.33. The summed E-state index contributed by atoms with van der Waals surface area (Å²) >= 11 is 0. The smallest absolute Gasteiger partial charge is 0.259 e. The molecule has 2 rings (SSSR count). The summed E-state index contributed by atoms with van der Waals surface area (Å²) in [7, 11) is 4.17. The van der Waals surface area contributed by atoms with E-state index in [9.17, 15) is 0 Å². The number of fused-ring (bicyclic) bond motifs is 1. The van der Waals surface area contributed by atoms with Gasteiger partial charge in [-0.15, -0.1) is 0 Å². The van der Waals surface area contributed by atoms with E-state index in [0.29, 0.717) is 18.5 Å². The van der Waals surface area contributed by atoms with Crippen LogP contribution < -0.4 is 4.74 Å². The van der Waals surface area contributed by atoms with Crippen LogP contribution in [0.1, 0.15) is 37.1 Å². The predicted octanol–water partition coefficient (Wildman–Crippen LogP) is 2.01. The van der Waals surface area contributed by atoms with Gasteiger partial charge < -0.3 is 14.2 Å². The Morgan fingerprint density at radius 2 is 2.33 bits per heavy atom. The SMILES string of the molecule is CCOc1noc2c1C(N(C)C)CCC2. The normalized spacial score (nSPS) is 20.4. The van der Waals surface area contributed by atoms with E-state index in [2.05, 4.69) is 24.2 Å². The topological polar surface area (TPSA) is 38.5 Å². The first-order valence-electron chi connectivity index (χ1n) is 5.51. The Morgan fingerprint density at radius 3 is 3.00 bits per heavy atom. The van der Waals surface area contributed by atoms with Gasteiger partial charge in [0.05, 0.1) is 12.2 Å². The molecule has 4 heteroatoms. The lowest BCUT2D eigenvalue weighted by atomic mass is 9.92. The second-order valence-corrected chi connectivity index (χ2v) is 4.13. The van der Waals surface area contributed by atoms with Crippen molar-refractivity contribution in [2.24, 2.45) is 0 Å². The Morgan fingerprint density at radius 1 is 1.53 bits per heavy atom. The quantitative estimate of drug-likeness (QED) is 0.765. The summed E-state index contributed by atoms with van der Waals surface area (Å²) in [5.74, 6) is 1.69. The zero-order chi connectivity index (χ0) is 10.8. The fraction of sp³-hybridized carbons (Fsp3) is 0.727. The van der Waals surface area contributed by atoms with E-state index in [4.69, 9.17) is 9.26 Å². The Hall–Kier alpha value is -1.03. The third-order valence-corrected chi connectivity index (χ3v) is 2.89. The van der Waals surface area contributed by atoms with Crippen LogP contribution in [-0.4, -0.2) is 30.8 Å². The molecule has 0 bridgehead atoms. The second kappa shape index (κ2) is 4.23. The van der Waals surface area contributed by atoms with Gasteiger partial charge in [-0.25, -0.2) is 0 Å². The predicted molar refractivity (Wildman–Crippen MR) is 57.0 cm³/mol. The van der Waals surface area contributed by atoms with Crippen LogP contribution in [0.15, 0.2) is 4.52 Å². The van der Waals surface area contributed by atoms with E-state index in [1.807, 2.05) is 6.92 Å². The highest BCUT2D eigenvalue weighted by atomic mass is 16.5. The number of ether oxygens (including phenoxy) is 1. The van der Waals surface area contributed by atoms with E-state index in [1.54, 1.807) is 0 Å². The molecule has 1 aromatic rings. The summed E-state index contributed by atoms with van der Waals surface area (Å²) in [6.07, 6.45) is 3.30. The van der Waals surface area contributed by atoms with Crippen LogP contribution in [0.2, 0.25) is 0 Å². The standard InChI is InChI=1S/C11H18N2O2/c1-4-14-11-10-8(13(2)3)6-5-7-9(10)15-12-11/h8H,4-7H2,1-3H3. The zero-order valence-electron chi connectivity index (χ0n) is 9.62. The highest BCUT2D eigenvalue weighted by Crippen LogP contribution is 2.38. The van der Waals surface area contributed by atoms with Gasteiger partial charge in [-0.05, 0) is 39.0 Å². The third-order valence-electron chi connectivity index (χ3n) is 2.89. The molecule has 4 nitrogen and oxygen atoms in total. The lowest BCUT2D eigenvalue weighted by molar-refractivity contribution is 0.250. The van der Waals surface area contributed by atoms with Crippen molar-refractivity contribution in [3.8, 4) is 5.88 Å². The number of hydrogen-bond donors (Lipinski definition) is 0. The first-order chi connectivity index (χ1) is 7.24. The molecule has 1 aromatic heterocycles. The molecule has 1 unspecified atom stereocenters. The van der Waals surface area contributed by atoms with Gasteiger partial charge in [0, 0.05) is 12.5 Å². The van der Waals surface area contributed by atoms with E-state index in [-0.39, 0.29) is 0 Å². The van der Waals surface area contributed by atoms with Crippen molar-refractivity contribution in [1.82, 2.24) is 10.1 Å². The van der Waals surface area contributed by atoms with Gasteiger partial charge in [0.1, 0.15) is 5.76 Å². The van der Waals surface area contributed by atoms with Crippen molar-refractivity contribution in [2.45, 2.75) is 32.2 Å². The third kappa shape index (κ3) is 1.86. The minimum Gasteiger partial charge on any atom is -0.476 e. The maximum Gasteiger partial charge on any atom is 0.259 e. The molecule has 84 valence electrons. The summed E-state index contributed by atoms with van der Waals surface area (Å²) in [5, 5.41) is 4.00. The number of hydrogen-bond acceptors (Lipinski definition) is 4. The molecule has 0 N–H and O–H groups in total. The van der Waals surface area contributed by atoms with Crippen LogP contribution in [-0.2, 0) is 6.42 Å². The van der Waals surface area contributed by atoms with Gasteiger partial charge in [0.2, 0.25) is 0 Å². The molecule has 0 aliphatic heterocycles. The molecule has 15 heavy (non-hydrogen) atoms. The molecule has 1 heterocycles. The lowest BCUT2D eigenvalue weighted by Gasteiger charge is -2.27. The molecular weight excluding hydrogens is 192 g/mol. The summed E-state index contributed by atoms with van der Waals surface area (Å²) in [5.41, 5.74) is 1.16. The molecule has 1 aliphatic carbocycles. The fourth-order valence-corrected chi connectivity index (χ4v) is 2.18. The molecule has 0 aromatic carbocycles. The van der Waals surface area contributed by atoms with E-state index in [0.717, 1.165) is 30.6 Å². The van der Waals surface area contributed by atoms with Gasteiger partial charge in [-0.3, -0.25) is 0 Å². The Balaban J connectivity index is 2.33. The summed E-state index contributed by atoms with van der Waals surface area (Å²) < 4.78 is 10.8. The van der Waals surface area contributed by atoms with Gasteiger partial charge in [0.25, 0.3) is 5.88 Å². The molecular formula is C11H18N2O2. The van der Waals surface area contributed by atoms with E-state index >= 15 is 0 Å². The van der Waals surface area contributed by atoms with Crippen LogP contribution in [0.5, 0.6) is 5.88 Å². The Bertz CT molecular complexity index is 333. The number of aryl methyl sites for hydroxylation is 1. The summed E-state index contributed by atoms with van der Waals surface area (Å²) in [6, 6.07) is 0.390. The monoisotopic (exact) mass is 210 g/mol. The van der Waals surface area contributed by atoms with E-state index < -0.39 is 0 Å². The first-order valence-corrected chi connectivity index (χ1v) is 5.51. The van der Waals surface area contributed by atoms with Crippen molar-refractivity contribution in [3.05, 3.63) is 11.3 Å². The van der Waals surface area contributed by atoms with Gasteiger partial charge in [-0.1, -0.05) is 0 Å². The average molecular weight is 210 g/mol. The molecule has 0 amide bonds. The maximum absolute atomic E-state index is 5.49. The summed E-state index contributed by atoms with van der Waals surface area (Å²) in [6.45, 7) is 2.60. The number of aromatic nitrogens is 1. The number of nitrogens with zero attached hydrogens (tertiary/aromatic N) is 2. The van der Waals surface area contributed by atoms with Crippen molar-refractivity contribution in [3.63, 3.8) is 0 Å². The molecule has 0 saturated carbocycles. The van der Waals surface area contributed by atoms with Crippen LogP contribution in [0.3, 0.4) is 0 Å². The molecule has 0 spiro atoms. The molecule has 0 saturated heterocycles. The Labute approximate surface area is 90.2 Å². The van der Waals surface area contributed by atoms with Crippen molar-refractivity contribution < 1.29 is 9.26 Å². The molecule has 0 radical (unpaired) electrons. The summed E-state index contributed by atoms with van der Waals surface area (Å²) in [4.78, 5) is 2.21. The van der Waals surface area contributed by atoms with Gasteiger partial charge >= 0.3 is 0 Å². The molecule has 0 fully saturated rings. The van der Waals surface area contributed by atoms with Crippen molar-refractivity contribution >= 4 is 0 Å². The van der Waals surface area contributed by atoms with Crippen LogP contribution in [0.25, 0.3) is 0 Å². The largest absolute Gasteiger partial charge is 0.476 e. The second-order valence-electron chi connectivity index (χ2n) is 4.13. The van der Waals surface area contributed by atoms with Crippen molar-refractivity contribution in [1.29, 1.82) is 0 Å². The maximum atomic E-state index is 5.49. The lowest BCUT2D eigenvalue weighted by Crippen LogP contribution is -2.23. The van der Waals surface area contributed by atoms with Gasteiger partial charge in [0.15, 0.2) is 0 Å².